The zero-order valence-electron chi connectivity index (χ0n) is 11.5. The molecule has 0 saturated carbocycles. The van der Waals surface area contributed by atoms with Crippen LogP contribution in [0.1, 0.15) is 22.6 Å². The summed E-state index contributed by atoms with van der Waals surface area (Å²) < 4.78 is 23.7. The molecule has 1 saturated heterocycles. The summed E-state index contributed by atoms with van der Waals surface area (Å²) in [7, 11) is 0. The minimum atomic E-state index is -2.28. The van der Waals surface area contributed by atoms with Gasteiger partial charge in [0.15, 0.2) is 0 Å². The highest BCUT2D eigenvalue weighted by Gasteiger charge is 2.26. The van der Waals surface area contributed by atoms with E-state index in [0.717, 1.165) is 8.49 Å². The van der Waals surface area contributed by atoms with Crippen molar-refractivity contribution < 1.29 is 13.7 Å². The lowest BCUT2D eigenvalue weighted by molar-refractivity contribution is -0.131. The van der Waals surface area contributed by atoms with Crippen molar-refractivity contribution in [3.8, 4) is 6.07 Å². The molecule has 0 bridgehead atoms. The summed E-state index contributed by atoms with van der Waals surface area (Å²) in [5.41, 5.74) is 0.127. The van der Waals surface area contributed by atoms with Crippen LogP contribution >= 0.6 is 32.1 Å². The number of rotatable bonds is 0. The molecule has 0 aliphatic carbocycles. The van der Waals surface area contributed by atoms with Gasteiger partial charge in [-0.25, -0.2) is 3.93 Å². The molecule has 0 spiro atoms. The van der Waals surface area contributed by atoms with Crippen molar-refractivity contribution in [3.05, 3.63) is 22.4 Å². The Morgan fingerprint density at radius 2 is 2.06 bits per heavy atom. The number of carbonyl (C=O) groups excluding carboxylic acids is 2. The van der Waals surface area contributed by atoms with Gasteiger partial charge in [0.25, 0.3) is 0 Å². The summed E-state index contributed by atoms with van der Waals surface area (Å²) in [4.78, 5) is 20.9. The van der Waals surface area contributed by atoms with Gasteiger partial charge in [0.1, 0.15) is 11.8 Å². The van der Waals surface area contributed by atoms with Crippen LogP contribution in [-0.2, 0) is 16.6 Å². The highest BCUT2D eigenvalue weighted by atomic mass is 79.9. The number of carbonyl (C=O) groups is 2. The van der Waals surface area contributed by atoms with Gasteiger partial charge in [-0.15, -0.1) is 0 Å². The third-order valence-electron chi connectivity index (χ3n) is 1.89. The Hall–Kier alpha value is -1.13. The SMILES string of the molecule is O=C1CCC(=O)N1Br.[2H]C([2H])([2H])n1cc(Br)cc1C#N. The van der Waals surface area contributed by atoms with Crippen molar-refractivity contribution >= 4 is 43.9 Å². The topological polar surface area (TPSA) is 66.1 Å². The van der Waals surface area contributed by atoms with Gasteiger partial charge in [0, 0.05) is 34.6 Å². The van der Waals surface area contributed by atoms with Crippen LogP contribution in [0.5, 0.6) is 0 Å². The molecule has 2 rings (SSSR count). The van der Waals surface area contributed by atoms with E-state index in [4.69, 9.17) is 9.37 Å². The smallest absolute Gasteiger partial charge is 0.239 e. The number of imide groups is 1. The molecule has 0 aromatic carbocycles. The number of aromatic nitrogens is 1. The van der Waals surface area contributed by atoms with E-state index in [1.807, 2.05) is 0 Å². The molecule has 90 valence electrons. The number of halogens is 2. The number of hydrogen-bond acceptors (Lipinski definition) is 3. The van der Waals surface area contributed by atoms with Crippen LogP contribution in [0.15, 0.2) is 16.7 Å². The van der Waals surface area contributed by atoms with Crippen LogP contribution in [0.4, 0.5) is 0 Å². The molecule has 0 N–H and O–H groups in total. The lowest BCUT2D eigenvalue weighted by atomic mass is 10.4. The van der Waals surface area contributed by atoms with Crippen LogP contribution in [0.25, 0.3) is 0 Å². The highest BCUT2D eigenvalue weighted by molar-refractivity contribution is 9.10. The first-order valence-electron chi connectivity index (χ1n) is 5.97. The van der Waals surface area contributed by atoms with Gasteiger partial charge in [0.05, 0.1) is 16.1 Å². The first-order chi connectivity index (χ1) is 9.16. The van der Waals surface area contributed by atoms with Crippen LogP contribution in [0.3, 0.4) is 0 Å². The fourth-order valence-electron chi connectivity index (χ4n) is 1.07. The van der Waals surface area contributed by atoms with Crippen molar-refractivity contribution in [1.82, 2.24) is 8.49 Å². The molecule has 5 nitrogen and oxygen atoms in total. The van der Waals surface area contributed by atoms with Crippen molar-refractivity contribution in [2.24, 2.45) is 6.98 Å². The second-order valence-electron chi connectivity index (χ2n) is 3.09. The Morgan fingerprint density at radius 1 is 1.47 bits per heavy atom. The average molecular weight is 366 g/mol. The molecule has 1 fully saturated rings. The zero-order valence-corrected chi connectivity index (χ0v) is 11.7. The fourth-order valence-corrected chi connectivity index (χ4v) is 1.84. The lowest BCUT2D eigenvalue weighted by Gasteiger charge is -1.97. The van der Waals surface area contributed by atoms with Crippen LogP contribution in [0.2, 0.25) is 0 Å². The van der Waals surface area contributed by atoms with Crippen molar-refractivity contribution in [1.29, 1.82) is 5.26 Å². The van der Waals surface area contributed by atoms with E-state index in [2.05, 4.69) is 32.1 Å². The van der Waals surface area contributed by atoms with E-state index in [-0.39, 0.29) is 17.5 Å². The third-order valence-corrected chi connectivity index (χ3v) is 3.12. The second kappa shape index (κ2) is 5.98. The van der Waals surface area contributed by atoms with Gasteiger partial charge in [-0.1, -0.05) is 0 Å². The molecule has 1 aliphatic rings. The molecule has 0 radical (unpaired) electrons. The lowest BCUT2D eigenvalue weighted by Crippen LogP contribution is -2.16. The second-order valence-corrected chi connectivity index (χ2v) is 4.72. The Balaban J connectivity index is 0.000000217. The summed E-state index contributed by atoms with van der Waals surface area (Å²) in [6, 6.07) is 3.26. The summed E-state index contributed by atoms with van der Waals surface area (Å²) in [6.07, 6.45) is 2.07. The van der Waals surface area contributed by atoms with Gasteiger partial charge < -0.3 is 4.57 Å². The molecule has 1 aromatic rings. The molecular weight excluding hydrogens is 354 g/mol. The highest BCUT2D eigenvalue weighted by Crippen LogP contribution is 2.14. The molecule has 0 unspecified atom stereocenters. The molecule has 1 aromatic heterocycles. The van der Waals surface area contributed by atoms with Gasteiger partial charge >= 0.3 is 0 Å². The zero-order chi connectivity index (χ0) is 15.5. The summed E-state index contributed by atoms with van der Waals surface area (Å²) in [6.45, 7) is -2.28. The molecule has 7 heteroatoms. The van der Waals surface area contributed by atoms with Crippen LogP contribution in [-0.4, -0.2) is 20.3 Å². The van der Waals surface area contributed by atoms with Gasteiger partial charge in [-0.3, -0.25) is 9.59 Å². The molecule has 1 aliphatic heterocycles. The molecule has 0 atom stereocenters. The maximum Gasteiger partial charge on any atom is 0.239 e. The molecule has 2 amide bonds. The third kappa shape index (κ3) is 3.68. The summed E-state index contributed by atoms with van der Waals surface area (Å²) >= 11 is 5.90. The van der Waals surface area contributed by atoms with Crippen molar-refractivity contribution in [2.75, 3.05) is 0 Å². The Kier molecular flexibility index (Phi) is 3.47. The number of amides is 2. The fraction of sp³-hybridized carbons (Fsp3) is 0.300. The molecule has 2 heterocycles. The van der Waals surface area contributed by atoms with Crippen LogP contribution < -0.4 is 0 Å². The molecular formula is C10H9Br2N3O2. The van der Waals surface area contributed by atoms with E-state index in [9.17, 15) is 9.59 Å². The summed E-state index contributed by atoms with van der Waals surface area (Å²) in [5.74, 6) is -0.287. The van der Waals surface area contributed by atoms with Gasteiger partial charge in [0.2, 0.25) is 11.8 Å². The van der Waals surface area contributed by atoms with E-state index < -0.39 is 6.98 Å². The minimum absolute atomic E-state index is 0.127. The number of aryl methyl sites for hydroxylation is 1. The minimum Gasteiger partial charge on any atom is -0.341 e. The van der Waals surface area contributed by atoms with E-state index in [1.165, 1.54) is 12.3 Å². The predicted octanol–water partition coefficient (Wildman–Crippen LogP) is 2.10. The Bertz CT molecular complexity index is 561. The molecule has 17 heavy (non-hydrogen) atoms. The van der Waals surface area contributed by atoms with E-state index in [0.29, 0.717) is 17.3 Å². The number of nitriles is 1. The van der Waals surface area contributed by atoms with Crippen molar-refractivity contribution in [3.63, 3.8) is 0 Å². The largest absolute Gasteiger partial charge is 0.341 e. The van der Waals surface area contributed by atoms with Crippen molar-refractivity contribution in [2.45, 2.75) is 12.8 Å². The van der Waals surface area contributed by atoms with E-state index >= 15 is 0 Å². The monoisotopic (exact) mass is 364 g/mol. The summed E-state index contributed by atoms with van der Waals surface area (Å²) in [5, 5.41) is 8.55. The van der Waals surface area contributed by atoms with Gasteiger partial charge in [-0.05, 0) is 22.0 Å². The van der Waals surface area contributed by atoms with Crippen LogP contribution in [0, 0.1) is 11.3 Å². The number of hydrogen-bond donors (Lipinski definition) is 0. The number of nitrogens with zero attached hydrogens (tertiary/aromatic N) is 3. The maximum atomic E-state index is 10.4. The van der Waals surface area contributed by atoms with E-state index in [1.54, 1.807) is 6.07 Å². The quantitative estimate of drug-likeness (QED) is 0.522. The average Bonchev–Trinajstić information content (AvgIpc) is 2.88. The van der Waals surface area contributed by atoms with Gasteiger partial charge in [-0.2, -0.15) is 5.26 Å². The maximum absolute atomic E-state index is 10.4. The first kappa shape index (κ1) is 9.85. The first-order valence-corrected chi connectivity index (χ1v) is 5.97. The predicted molar refractivity (Wildman–Crippen MR) is 67.8 cm³/mol. The standard InChI is InChI=1S/C6H5BrN2.C4H4BrNO2/c1-9-4-5(7)2-6(9)3-8;5-6-3(7)1-2-4(6)8/h2,4H,1H3;1-2H2/i1D3;. The Labute approximate surface area is 120 Å². The Morgan fingerprint density at radius 3 is 2.35 bits per heavy atom. The normalized spacial score (nSPS) is 17.7.